The summed E-state index contributed by atoms with van der Waals surface area (Å²) in [6, 6.07) is 7.37. The van der Waals surface area contributed by atoms with Crippen LogP contribution in [0.25, 0.3) is 0 Å². The lowest BCUT2D eigenvalue weighted by molar-refractivity contribution is 0.0864. The number of hydrogen-bond donors (Lipinski definition) is 0. The van der Waals surface area contributed by atoms with E-state index >= 15 is 0 Å². The van der Waals surface area contributed by atoms with Crippen LogP contribution in [-0.4, -0.2) is 6.43 Å². The van der Waals surface area contributed by atoms with E-state index in [4.69, 9.17) is 0 Å². The Bertz CT molecular complexity index is 346. The molecule has 16 heavy (non-hydrogen) atoms. The average Bonchev–Trinajstić information content (AvgIpc) is 2.74. The summed E-state index contributed by atoms with van der Waals surface area (Å²) in [5.74, 6) is -0.447. The number of rotatable bonds is 3. The highest BCUT2D eigenvalue weighted by molar-refractivity contribution is 9.10. The van der Waals surface area contributed by atoms with Crippen molar-refractivity contribution in [1.29, 1.82) is 0 Å². The Morgan fingerprint density at radius 2 is 1.75 bits per heavy atom. The second kappa shape index (κ2) is 5.26. The monoisotopic (exact) mass is 288 g/mol. The van der Waals surface area contributed by atoms with Gasteiger partial charge in [-0.05, 0) is 30.4 Å². The zero-order valence-electron chi connectivity index (χ0n) is 9.00. The third-order valence-corrected chi connectivity index (χ3v) is 4.17. The van der Waals surface area contributed by atoms with Crippen molar-refractivity contribution in [3.63, 3.8) is 0 Å². The van der Waals surface area contributed by atoms with E-state index in [-0.39, 0.29) is 5.92 Å². The Kier molecular flexibility index (Phi) is 3.95. The summed E-state index contributed by atoms with van der Waals surface area (Å²) < 4.78 is 27.2. The van der Waals surface area contributed by atoms with Crippen LogP contribution >= 0.6 is 15.9 Å². The van der Waals surface area contributed by atoms with Crippen molar-refractivity contribution in [2.24, 2.45) is 5.92 Å². The molecule has 0 aromatic heterocycles. The van der Waals surface area contributed by atoms with E-state index < -0.39 is 12.3 Å². The predicted molar refractivity (Wildman–Crippen MR) is 64.8 cm³/mol. The normalized spacial score (nSPS) is 19.2. The molecule has 0 radical (unpaired) electrons. The summed E-state index contributed by atoms with van der Waals surface area (Å²) in [5, 5.41) is 0. The van der Waals surface area contributed by atoms with E-state index in [9.17, 15) is 8.78 Å². The standard InChI is InChI=1S/C13H15BrF2/c14-11-8-4-3-7-10(11)12(13(15)16)9-5-1-2-6-9/h3-4,7-9,12-13H,1-2,5-6H2. The minimum Gasteiger partial charge on any atom is -0.210 e. The van der Waals surface area contributed by atoms with Gasteiger partial charge in [-0.2, -0.15) is 0 Å². The molecule has 0 aliphatic heterocycles. The molecule has 1 saturated carbocycles. The van der Waals surface area contributed by atoms with Gasteiger partial charge in [-0.3, -0.25) is 0 Å². The van der Waals surface area contributed by atoms with E-state index in [2.05, 4.69) is 15.9 Å². The van der Waals surface area contributed by atoms with Crippen molar-refractivity contribution < 1.29 is 8.78 Å². The minimum absolute atomic E-state index is 0.152. The van der Waals surface area contributed by atoms with Gasteiger partial charge < -0.3 is 0 Å². The predicted octanol–water partition coefficient (Wildman–Crippen LogP) is 4.99. The molecule has 1 aromatic carbocycles. The fourth-order valence-electron chi connectivity index (χ4n) is 2.66. The van der Waals surface area contributed by atoms with E-state index in [0.29, 0.717) is 0 Å². The van der Waals surface area contributed by atoms with Crippen LogP contribution in [0.15, 0.2) is 28.7 Å². The first-order chi connectivity index (χ1) is 7.70. The topological polar surface area (TPSA) is 0 Å². The summed E-state index contributed by atoms with van der Waals surface area (Å²) in [6.45, 7) is 0. The molecule has 0 N–H and O–H groups in total. The van der Waals surface area contributed by atoms with Crippen molar-refractivity contribution in [2.45, 2.75) is 38.0 Å². The average molecular weight is 289 g/mol. The second-order valence-corrected chi connectivity index (χ2v) is 5.28. The zero-order chi connectivity index (χ0) is 11.5. The van der Waals surface area contributed by atoms with Gasteiger partial charge in [-0.15, -0.1) is 0 Å². The molecule has 0 bridgehead atoms. The first-order valence-electron chi connectivity index (χ1n) is 5.72. The first-order valence-corrected chi connectivity index (χ1v) is 6.52. The lowest BCUT2D eigenvalue weighted by Gasteiger charge is -2.24. The molecule has 1 fully saturated rings. The molecule has 1 atom stereocenters. The highest BCUT2D eigenvalue weighted by Gasteiger charge is 2.34. The van der Waals surface area contributed by atoms with Crippen LogP contribution in [0.1, 0.15) is 37.2 Å². The minimum atomic E-state index is -2.26. The maximum atomic E-state index is 13.2. The van der Waals surface area contributed by atoms with Gasteiger partial charge in [0.05, 0.1) is 0 Å². The summed E-state index contributed by atoms with van der Waals surface area (Å²) in [7, 11) is 0. The van der Waals surface area contributed by atoms with Crippen molar-refractivity contribution >= 4 is 15.9 Å². The molecule has 0 saturated heterocycles. The van der Waals surface area contributed by atoms with Gasteiger partial charge in [0.25, 0.3) is 0 Å². The Morgan fingerprint density at radius 1 is 1.12 bits per heavy atom. The fourth-order valence-corrected chi connectivity index (χ4v) is 3.21. The van der Waals surface area contributed by atoms with Crippen molar-refractivity contribution in [1.82, 2.24) is 0 Å². The van der Waals surface area contributed by atoms with Crippen molar-refractivity contribution in [2.75, 3.05) is 0 Å². The van der Waals surface area contributed by atoms with Gasteiger partial charge in [0.1, 0.15) is 0 Å². The van der Waals surface area contributed by atoms with E-state index in [1.165, 1.54) is 0 Å². The summed E-state index contributed by atoms with van der Waals surface area (Å²) >= 11 is 3.38. The molecule has 1 aliphatic rings. The summed E-state index contributed by atoms with van der Waals surface area (Å²) in [4.78, 5) is 0. The molecule has 0 spiro atoms. The largest absolute Gasteiger partial charge is 0.245 e. The van der Waals surface area contributed by atoms with Crippen LogP contribution < -0.4 is 0 Å². The Morgan fingerprint density at radius 3 is 2.31 bits per heavy atom. The first kappa shape index (κ1) is 12.0. The SMILES string of the molecule is FC(F)C(c1ccccc1Br)C1CCCC1. The van der Waals surface area contributed by atoms with Gasteiger partial charge in [-0.25, -0.2) is 8.78 Å². The quantitative estimate of drug-likeness (QED) is 0.735. The molecular formula is C13H15BrF2. The Labute approximate surface area is 103 Å². The van der Waals surface area contributed by atoms with Crippen LogP contribution in [-0.2, 0) is 0 Å². The van der Waals surface area contributed by atoms with Gasteiger partial charge in [0, 0.05) is 10.4 Å². The number of benzene rings is 1. The van der Waals surface area contributed by atoms with Crippen LogP contribution in [0.2, 0.25) is 0 Å². The maximum Gasteiger partial charge on any atom is 0.245 e. The van der Waals surface area contributed by atoms with Crippen LogP contribution in [0.3, 0.4) is 0 Å². The number of alkyl halides is 2. The molecule has 1 unspecified atom stereocenters. The molecule has 2 rings (SSSR count). The summed E-state index contributed by atoms with van der Waals surface area (Å²) in [6.07, 6.45) is 1.81. The van der Waals surface area contributed by atoms with E-state index in [0.717, 1.165) is 35.7 Å². The lowest BCUT2D eigenvalue weighted by atomic mass is 9.85. The third kappa shape index (κ3) is 2.45. The fraction of sp³-hybridized carbons (Fsp3) is 0.538. The molecule has 0 amide bonds. The van der Waals surface area contributed by atoms with Gasteiger partial charge in [0.15, 0.2) is 0 Å². The third-order valence-electron chi connectivity index (χ3n) is 3.44. The van der Waals surface area contributed by atoms with Gasteiger partial charge in [-0.1, -0.05) is 47.0 Å². The number of hydrogen-bond acceptors (Lipinski definition) is 0. The second-order valence-electron chi connectivity index (χ2n) is 4.43. The van der Waals surface area contributed by atoms with Crippen molar-refractivity contribution in [3.8, 4) is 0 Å². The maximum absolute atomic E-state index is 13.2. The van der Waals surface area contributed by atoms with E-state index in [1.54, 1.807) is 0 Å². The highest BCUT2D eigenvalue weighted by atomic mass is 79.9. The van der Waals surface area contributed by atoms with Gasteiger partial charge >= 0.3 is 0 Å². The highest BCUT2D eigenvalue weighted by Crippen LogP contribution is 2.42. The van der Waals surface area contributed by atoms with Gasteiger partial charge in [0.2, 0.25) is 6.43 Å². The van der Waals surface area contributed by atoms with E-state index in [1.807, 2.05) is 24.3 Å². The lowest BCUT2D eigenvalue weighted by Crippen LogP contribution is -2.18. The van der Waals surface area contributed by atoms with Crippen LogP contribution in [0.5, 0.6) is 0 Å². The van der Waals surface area contributed by atoms with Crippen LogP contribution in [0, 0.1) is 5.92 Å². The van der Waals surface area contributed by atoms with Crippen molar-refractivity contribution in [3.05, 3.63) is 34.3 Å². The zero-order valence-corrected chi connectivity index (χ0v) is 10.6. The molecule has 0 heterocycles. The molecule has 1 aromatic rings. The molecular weight excluding hydrogens is 274 g/mol. The van der Waals surface area contributed by atoms with Crippen LogP contribution in [0.4, 0.5) is 8.78 Å². The molecule has 1 aliphatic carbocycles. The Balaban J connectivity index is 2.28. The molecule has 3 heteroatoms. The molecule has 0 nitrogen and oxygen atoms in total. The molecule has 88 valence electrons. The summed E-state index contributed by atoms with van der Waals surface area (Å²) in [5.41, 5.74) is 0.768. The smallest absolute Gasteiger partial charge is 0.210 e. The number of halogens is 3. The Hall–Kier alpha value is -0.440.